The minimum absolute atomic E-state index is 0.0213. The number of rotatable bonds is 3. The van der Waals surface area contributed by atoms with Crippen LogP contribution in [0.1, 0.15) is 26.7 Å². The second kappa shape index (κ2) is 4.47. The molecule has 0 heterocycles. The lowest BCUT2D eigenvalue weighted by molar-refractivity contribution is -0.154. The molecule has 2 N–H and O–H groups in total. The number of carbonyl (C=O) groups excluding carboxylic acids is 1. The maximum atomic E-state index is 11.3. The molecule has 16 heavy (non-hydrogen) atoms. The highest BCUT2D eigenvalue weighted by Gasteiger charge is 2.38. The van der Waals surface area contributed by atoms with Gasteiger partial charge in [-0.15, -0.1) is 0 Å². The predicted octanol–water partition coefficient (Wildman–Crippen LogP) is 1.09. The van der Waals surface area contributed by atoms with Gasteiger partial charge >= 0.3 is 11.9 Å². The lowest BCUT2D eigenvalue weighted by atomic mass is 9.75. The summed E-state index contributed by atoms with van der Waals surface area (Å²) in [5, 5.41) is 17.9. The minimum Gasteiger partial charge on any atom is -0.481 e. The smallest absolute Gasteiger partial charge is 0.307 e. The molecule has 0 spiro atoms. The fourth-order valence-corrected chi connectivity index (χ4v) is 2.09. The van der Waals surface area contributed by atoms with Crippen LogP contribution < -0.4 is 0 Å². The van der Waals surface area contributed by atoms with E-state index in [0.29, 0.717) is 11.1 Å². The molecule has 1 aliphatic carbocycles. The van der Waals surface area contributed by atoms with Gasteiger partial charge in [-0.2, -0.15) is 0 Å². The minimum atomic E-state index is -1.15. The summed E-state index contributed by atoms with van der Waals surface area (Å²) in [6.07, 6.45) is 0.161. The van der Waals surface area contributed by atoms with E-state index < -0.39 is 23.8 Å². The van der Waals surface area contributed by atoms with Crippen molar-refractivity contribution in [1.82, 2.24) is 0 Å². The van der Waals surface area contributed by atoms with Gasteiger partial charge < -0.3 is 10.2 Å². The van der Waals surface area contributed by atoms with E-state index in [-0.39, 0.29) is 18.6 Å². The van der Waals surface area contributed by atoms with Gasteiger partial charge in [-0.1, -0.05) is 5.57 Å². The van der Waals surface area contributed by atoms with Crippen LogP contribution in [-0.2, 0) is 14.4 Å². The predicted molar refractivity (Wildman–Crippen MR) is 54.9 cm³/mol. The molecule has 0 amide bonds. The number of hydrogen-bond acceptors (Lipinski definition) is 3. The fourth-order valence-electron chi connectivity index (χ4n) is 2.09. The summed E-state index contributed by atoms with van der Waals surface area (Å²) in [6, 6.07) is 0. The van der Waals surface area contributed by atoms with Gasteiger partial charge in [-0.25, -0.2) is 0 Å². The molecule has 0 fully saturated rings. The first-order valence-electron chi connectivity index (χ1n) is 4.99. The van der Waals surface area contributed by atoms with Crippen molar-refractivity contribution >= 4 is 17.7 Å². The van der Waals surface area contributed by atoms with E-state index in [1.807, 2.05) is 0 Å². The highest BCUT2D eigenvalue weighted by molar-refractivity contribution is 5.95. The van der Waals surface area contributed by atoms with Crippen molar-refractivity contribution in [3.63, 3.8) is 0 Å². The number of allylic oxidation sites excluding steroid dienone is 2. The Morgan fingerprint density at radius 3 is 1.88 bits per heavy atom. The first kappa shape index (κ1) is 12.4. The van der Waals surface area contributed by atoms with E-state index in [9.17, 15) is 14.4 Å². The van der Waals surface area contributed by atoms with Gasteiger partial charge in [0.1, 0.15) is 0 Å². The normalized spacial score (nSPS) is 25.4. The van der Waals surface area contributed by atoms with Crippen LogP contribution in [0.15, 0.2) is 11.1 Å². The zero-order valence-corrected chi connectivity index (χ0v) is 9.19. The molecule has 5 nitrogen and oxygen atoms in total. The summed E-state index contributed by atoms with van der Waals surface area (Å²) in [7, 11) is 0. The number of carbonyl (C=O) groups is 3. The molecule has 0 aromatic heterocycles. The summed E-state index contributed by atoms with van der Waals surface area (Å²) in [5.74, 6) is -4.37. The van der Waals surface area contributed by atoms with Crippen molar-refractivity contribution in [2.75, 3.05) is 0 Å². The second-order valence-corrected chi connectivity index (χ2v) is 4.11. The second-order valence-electron chi connectivity index (χ2n) is 4.11. The van der Waals surface area contributed by atoms with E-state index in [4.69, 9.17) is 10.2 Å². The molecule has 1 rings (SSSR count). The first-order valence-corrected chi connectivity index (χ1v) is 4.99. The average molecular weight is 226 g/mol. The third-order valence-electron chi connectivity index (χ3n) is 3.01. The Kier molecular flexibility index (Phi) is 3.47. The Bertz CT molecular complexity index is 380. The van der Waals surface area contributed by atoms with E-state index in [2.05, 4.69) is 0 Å². The molecule has 2 atom stereocenters. The molecule has 2 unspecified atom stereocenters. The van der Waals surface area contributed by atoms with Crippen LogP contribution in [0.5, 0.6) is 0 Å². The molecule has 0 saturated carbocycles. The van der Waals surface area contributed by atoms with Crippen molar-refractivity contribution in [3.8, 4) is 0 Å². The van der Waals surface area contributed by atoms with Crippen molar-refractivity contribution in [2.45, 2.75) is 26.7 Å². The molecular weight excluding hydrogens is 212 g/mol. The zero-order chi connectivity index (χ0) is 12.5. The number of hydrogen-bond donors (Lipinski definition) is 2. The Morgan fingerprint density at radius 2 is 1.50 bits per heavy atom. The molecular formula is C11H14O5. The number of carboxylic acid groups (broad SMARTS) is 2. The molecule has 0 aromatic rings. The van der Waals surface area contributed by atoms with Crippen LogP contribution in [0.4, 0.5) is 0 Å². The summed E-state index contributed by atoms with van der Waals surface area (Å²) in [4.78, 5) is 33.1. The first-order chi connectivity index (χ1) is 7.34. The summed E-state index contributed by atoms with van der Waals surface area (Å²) in [6.45, 7) is 3.06. The van der Waals surface area contributed by atoms with E-state index in [1.165, 1.54) is 6.92 Å². The number of ketones is 1. The highest BCUT2D eigenvalue weighted by Crippen LogP contribution is 2.34. The van der Waals surface area contributed by atoms with Gasteiger partial charge in [0.15, 0.2) is 5.78 Å². The quantitative estimate of drug-likeness (QED) is 0.751. The zero-order valence-electron chi connectivity index (χ0n) is 9.19. The van der Waals surface area contributed by atoms with E-state index in [0.717, 1.165) is 0 Å². The van der Waals surface area contributed by atoms with E-state index >= 15 is 0 Å². The Morgan fingerprint density at radius 1 is 1.06 bits per heavy atom. The molecule has 0 radical (unpaired) electrons. The number of Topliss-reactive ketones (excluding diaryl/α,β-unsaturated/α-hetero) is 1. The maximum Gasteiger partial charge on any atom is 0.307 e. The van der Waals surface area contributed by atoms with Gasteiger partial charge in [-0.05, 0) is 32.3 Å². The molecule has 1 aliphatic rings. The number of aliphatic carboxylic acids is 2. The van der Waals surface area contributed by atoms with Crippen LogP contribution in [0.2, 0.25) is 0 Å². The SMILES string of the molecule is CC(=O)C1=C(C)CC(C(=O)O)C(C(=O)O)C1. The molecule has 0 aliphatic heterocycles. The third-order valence-corrected chi connectivity index (χ3v) is 3.01. The van der Waals surface area contributed by atoms with Crippen LogP contribution in [-0.4, -0.2) is 27.9 Å². The third kappa shape index (κ3) is 2.29. The Labute approximate surface area is 92.8 Å². The van der Waals surface area contributed by atoms with Crippen molar-refractivity contribution in [2.24, 2.45) is 11.8 Å². The summed E-state index contributed by atoms with van der Waals surface area (Å²) < 4.78 is 0. The Balaban J connectivity index is 3.07. The maximum absolute atomic E-state index is 11.3. The van der Waals surface area contributed by atoms with Crippen molar-refractivity contribution in [3.05, 3.63) is 11.1 Å². The van der Waals surface area contributed by atoms with Gasteiger partial charge in [0.2, 0.25) is 0 Å². The fraction of sp³-hybridized carbons (Fsp3) is 0.545. The lowest BCUT2D eigenvalue weighted by Crippen LogP contribution is -2.34. The van der Waals surface area contributed by atoms with Crippen molar-refractivity contribution < 1.29 is 24.6 Å². The van der Waals surface area contributed by atoms with Crippen LogP contribution in [0.3, 0.4) is 0 Å². The standard InChI is InChI=1S/C11H14O5/c1-5-3-8(10(13)14)9(11(15)16)4-7(5)6(2)12/h8-9H,3-4H2,1-2H3,(H,13,14)(H,15,16). The lowest BCUT2D eigenvalue weighted by Gasteiger charge is -2.27. The van der Waals surface area contributed by atoms with Gasteiger partial charge in [-0.3, -0.25) is 14.4 Å². The van der Waals surface area contributed by atoms with Crippen molar-refractivity contribution in [1.29, 1.82) is 0 Å². The Hall–Kier alpha value is -1.65. The van der Waals surface area contributed by atoms with Crippen LogP contribution >= 0.6 is 0 Å². The van der Waals surface area contributed by atoms with Crippen LogP contribution in [0.25, 0.3) is 0 Å². The number of carboxylic acids is 2. The van der Waals surface area contributed by atoms with E-state index in [1.54, 1.807) is 6.92 Å². The molecule has 5 heteroatoms. The molecule has 88 valence electrons. The highest BCUT2D eigenvalue weighted by atomic mass is 16.4. The van der Waals surface area contributed by atoms with Gasteiger partial charge in [0, 0.05) is 0 Å². The topological polar surface area (TPSA) is 91.7 Å². The summed E-state index contributed by atoms with van der Waals surface area (Å²) in [5.41, 5.74) is 1.15. The molecule has 0 saturated heterocycles. The molecule has 0 bridgehead atoms. The van der Waals surface area contributed by atoms with Gasteiger partial charge in [0.25, 0.3) is 0 Å². The average Bonchev–Trinajstić information content (AvgIpc) is 2.15. The van der Waals surface area contributed by atoms with Crippen LogP contribution in [0, 0.1) is 11.8 Å². The molecule has 0 aromatic carbocycles. The largest absolute Gasteiger partial charge is 0.481 e. The summed E-state index contributed by atoms with van der Waals surface area (Å²) >= 11 is 0. The van der Waals surface area contributed by atoms with Gasteiger partial charge in [0.05, 0.1) is 11.8 Å². The monoisotopic (exact) mass is 226 g/mol.